The van der Waals surface area contributed by atoms with E-state index in [1.54, 1.807) is 13.3 Å². The molecular formula is C13H25N3O. The lowest BCUT2D eigenvalue weighted by molar-refractivity contribution is 0.401. The number of ether oxygens (including phenoxy) is 1. The van der Waals surface area contributed by atoms with E-state index >= 15 is 0 Å². The topological polar surface area (TPSA) is 39.1 Å². The molecule has 1 rings (SSSR count). The number of hydrogen-bond acceptors (Lipinski definition) is 3. The average molecular weight is 239 g/mol. The predicted octanol–water partition coefficient (Wildman–Crippen LogP) is 2.17. The van der Waals surface area contributed by atoms with Gasteiger partial charge in [0.05, 0.1) is 19.0 Å². The van der Waals surface area contributed by atoms with Gasteiger partial charge in [0.15, 0.2) is 5.75 Å². The molecule has 0 aliphatic carbocycles. The van der Waals surface area contributed by atoms with E-state index in [1.165, 1.54) is 5.69 Å². The largest absolute Gasteiger partial charge is 0.493 e. The van der Waals surface area contributed by atoms with E-state index < -0.39 is 0 Å². The smallest absolute Gasteiger partial charge is 0.160 e. The summed E-state index contributed by atoms with van der Waals surface area (Å²) in [6, 6.07) is 0. The van der Waals surface area contributed by atoms with Crippen LogP contribution in [0, 0.1) is 5.92 Å². The van der Waals surface area contributed by atoms with Crippen LogP contribution < -0.4 is 10.1 Å². The van der Waals surface area contributed by atoms with Crippen molar-refractivity contribution in [3.05, 3.63) is 11.9 Å². The molecule has 0 saturated heterocycles. The van der Waals surface area contributed by atoms with E-state index in [-0.39, 0.29) is 0 Å². The highest BCUT2D eigenvalue weighted by Gasteiger charge is 2.15. The minimum atomic E-state index is 0.456. The molecule has 0 spiro atoms. The lowest BCUT2D eigenvalue weighted by Gasteiger charge is -2.15. The molecule has 0 fully saturated rings. The SMILES string of the molecule is COc1cnn(C)c1C(C)CCNCC(C)C. The Morgan fingerprint density at radius 2 is 2.12 bits per heavy atom. The summed E-state index contributed by atoms with van der Waals surface area (Å²) < 4.78 is 7.24. The van der Waals surface area contributed by atoms with Crippen molar-refractivity contribution in [3.63, 3.8) is 0 Å². The first kappa shape index (κ1) is 14.0. The first-order valence-corrected chi connectivity index (χ1v) is 6.32. The normalized spacial score (nSPS) is 13.1. The second-order valence-electron chi connectivity index (χ2n) is 5.01. The Labute approximate surface area is 104 Å². The quantitative estimate of drug-likeness (QED) is 0.741. The number of aromatic nitrogens is 2. The van der Waals surface area contributed by atoms with E-state index in [0.29, 0.717) is 11.8 Å². The molecule has 17 heavy (non-hydrogen) atoms. The van der Waals surface area contributed by atoms with E-state index in [1.807, 2.05) is 11.7 Å². The average Bonchev–Trinajstić information content (AvgIpc) is 2.65. The minimum absolute atomic E-state index is 0.456. The first-order chi connectivity index (χ1) is 8.06. The Morgan fingerprint density at radius 1 is 1.41 bits per heavy atom. The summed E-state index contributed by atoms with van der Waals surface area (Å²) in [5.74, 6) is 2.05. The predicted molar refractivity (Wildman–Crippen MR) is 70.5 cm³/mol. The molecular weight excluding hydrogens is 214 g/mol. The van der Waals surface area contributed by atoms with Crippen molar-refractivity contribution >= 4 is 0 Å². The standard InChI is InChI=1S/C13H25N3O/c1-10(2)8-14-7-6-11(3)13-12(17-5)9-15-16(13)4/h9-11,14H,6-8H2,1-5H3. The third-order valence-electron chi connectivity index (χ3n) is 2.94. The molecule has 1 atom stereocenters. The van der Waals surface area contributed by atoms with Crippen LogP contribution in [0.5, 0.6) is 5.75 Å². The summed E-state index contributed by atoms with van der Waals surface area (Å²) in [5.41, 5.74) is 1.18. The Hall–Kier alpha value is -1.03. The van der Waals surface area contributed by atoms with Gasteiger partial charge in [-0.1, -0.05) is 20.8 Å². The van der Waals surface area contributed by atoms with Crippen LogP contribution in [-0.2, 0) is 7.05 Å². The zero-order chi connectivity index (χ0) is 12.8. The highest BCUT2D eigenvalue weighted by Crippen LogP contribution is 2.27. The van der Waals surface area contributed by atoms with Crippen molar-refractivity contribution in [2.45, 2.75) is 33.1 Å². The highest BCUT2D eigenvalue weighted by molar-refractivity contribution is 5.28. The molecule has 98 valence electrons. The van der Waals surface area contributed by atoms with Gasteiger partial charge in [0.25, 0.3) is 0 Å². The van der Waals surface area contributed by atoms with Gasteiger partial charge in [-0.05, 0) is 25.4 Å². The van der Waals surface area contributed by atoms with Crippen molar-refractivity contribution in [1.29, 1.82) is 0 Å². The Balaban J connectivity index is 2.46. The van der Waals surface area contributed by atoms with E-state index in [4.69, 9.17) is 4.74 Å². The molecule has 1 heterocycles. The molecule has 0 saturated carbocycles. The Morgan fingerprint density at radius 3 is 2.71 bits per heavy atom. The second-order valence-corrected chi connectivity index (χ2v) is 5.01. The summed E-state index contributed by atoms with van der Waals surface area (Å²) >= 11 is 0. The fourth-order valence-corrected chi connectivity index (χ4v) is 1.99. The molecule has 1 unspecified atom stereocenters. The minimum Gasteiger partial charge on any atom is -0.493 e. The van der Waals surface area contributed by atoms with Gasteiger partial charge in [-0.3, -0.25) is 4.68 Å². The van der Waals surface area contributed by atoms with Crippen LogP contribution in [0.15, 0.2) is 6.20 Å². The molecule has 4 heteroatoms. The summed E-state index contributed by atoms with van der Waals surface area (Å²) in [6.45, 7) is 8.78. The van der Waals surface area contributed by atoms with Crippen LogP contribution in [0.25, 0.3) is 0 Å². The van der Waals surface area contributed by atoms with Gasteiger partial charge in [-0.25, -0.2) is 0 Å². The fourth-order valence-electron chi connectivity index (χ4n) is 1.99. The molecule has 1 N–H and O–H groups in total. The van der Waals surface area contributed by atoms with Crippen LogP contribution in [0.3, 0.4) is 0 Å². The highest BCUT2D eigenvalue weighted by atomic mass is 16.5. The van der Waals surface area contributed by atoms with Crippen molar-refractivity contribution < 1.29 is 4.74 Å². The third-order valence-corrected chi connectivity index (χ3v) is 2.94. The number of nitrogens with one attached hydrogen (secondary N) is 1. The summed E-state index contributed by atoms with van der Waals surface area (Å²) in [6.07, 6.45) is 2.88. The molecule has 4 nitrogen and oxygen atoms in total. The van der Waals surface area contributed by atoms with Crippen LogP contribution >= 0.6 is 0 Å². The van der Waals surface area contributed by atoms with Gasteiger partial charge in [-0.2, -0.15) is 5.10 Å². The van der Waals surface area contributed by atoms with Gasteiger partial charge >= 0.3 is 0 Å². The maximum absolute atomic E-state index is 5.33. The third kappa shape index (κ3) is 4.04. The monoisotopic (exact) mass is 239 g/mol. The zero-order valence-electron chi connectivity index (χ0n) is 11.7. The van der Waals surface area contributed by atoms with Crippen LogP contribution in [-0.4, -0.2) is 30.0 Å². The lowest BCUT2D eigenvalue weighted by atomic mass is 10.0. The summed E-state index contributed by atoms with van der Waals surface area (Å²) in [7, 11) is 3.67. The number of hydrogen-bond donors (Lipinski definition) is 1. The number of rotatable bonds is 7. The van der Waals surface area contributed by atoms with Gasteiger partial charge in [-0.15, -0.1) is 0 Å². The molecule has 1 aromatic heterocycles. The Bertz CT molecular complexity index is 333. The van der Waals surface area contributed by atoms with Gasteiger partial charge in [0.2, 0.25) is 0 Å². The number of nitrogens with zero attached hydrogens (tertiary/aromatic N) is 2. The maximum Gasteiger partial charge on any atom is 0.160 e. The first-order valence-electron chi connectivity index (χ1n) is 6.32. The molecule has 0 amide bonds. The van der Waals surface area contributed by atoms with E-state index in [9.17, 15) is 0 Å². The van der Waals surface area contributed by atoms with Gasteiger partial charge in [0, 0.05) is 13.0 Å². The van der Waals surface area contributed by atoms with E-state index in [2.05, 4.69) is 31.2 Å². The number of aryl methyl sites for hydroxylation is 1. The van der Waals surface area contributed by atoms with Crippen molar-refractivity contribution in [3.8, 4) is 5.75 Å². The molecule has 1 aromatic rings. The molecule has 0 aromatic carbocycles. The number of methoxy groups -OCH3 is 1. The van der Waals surface area contributed by atoms with Gasteiger partial charge < -0.3 is 10.1 Å². The van der Waals surface area contributed by atoms with Gasteiger partial charge in [0.1, 0.15) is 0 Å². The zero-order valence-corrected chi connectivity index (χ0v) is 11.7. The second kappa shape index (κ2) is 6.64. The van der Waals surface area contributed by atoms with Crippen LogP contribution in [0.2, 0.25) is 0 Å². The molecule has 0 bridgehead atoms. The van der Waals surface area contributed by atoms with E-state index in [0.717, 1.165) is 25.3 Å². The van der Waals surface area contributed by atoms with Crippen molar-refractivity contribution in [2.75, 3.05) is 20.2 Å². The van der Waals surface area contributed by atoms with Crippen LogP contribution in [0.4, 0.5) is 0 Å². The molecule has 0 aliphatic heterocycles. The molecule has 0 radical (unpaired) electrons. The van der Waals surface area contributed by atoms with Crippen LogP contribution in [0.1, 0.15) is 38.8 Å². The van der Waals surface area contributed by atoms with Crippen molar-refractivity contribution in [2.24, 2.45) is 13.0 Å². The summed E-state index contributed by atoms with van der Waals surface area (Å²) in [4.78, 5) is 0. The molecule has 0 aliphatic rings. The fraction of sp³-hybridized carbons (Fsp3) is 0.769. The van der Waals surface area contributed by atoms with Crippen molar-refractivity contribution in [1.82, 2.24) is 15.1 Å². The lowest BCUT2D eigenvalue weighted by Crippen LogP contribution is -2.22. The Kier molecular flexibility index (Phi) is 5.48. The maximum atomic E-state index is 5.33. The summed E-state index contributed by atoms with van der Waals surface area (Å²) in [5, 5.41) is 7.70.